The van der Waals surface area contributed by atoms with Gasteiger partial charge in [-0.05, 0) is 56.8 Å². The summed E-state index contributed by atoms with van der Waals surface area (Å²) < 4.78 is 12.9. The number of thioether (sulfide) groups is 1. The molecule has 0 radical (unpaired) electrons. The summed E-state index contributed by atoms with van der Waals surface area (Å²) in [5.74, 6) is 3.80. The van der Waals surface area contributed by atoms with Crippen LogP contribution in [0.3, 0.4) is 0 Å². The van der Waals surface area contributed by atoms with Crippen LogP contribution in [-0.2, 0) is 12.5 Å². The Morgan fingerprint density at radius 1 is 1.36 bits per heavy atom. The van der Waals surface area contributed by atoms with E-state index < -0.39 is 0 Å². The normalized spacial score (nSPS) is 21.9. The van der Waals surface area contributed by atoms with Gasteiger partial charge in [0.15, 0.2) is 23.1 Å². The van der Waals surface area contributed by atoms with Crippen molar-refractivity contribution in [2.45, 2.75) is 37.3 Å². The zero-order valence-corrected chi connectivity index (χ0v) is 20.3. The Balaban J connectivity index is 1.15. The van der Waals surface area contributed by atoms with E-state index in [1.807, 2.05) is 24.6 Å². The van der Waals surface area contributed by atoms with E-state index >= 15 is 0 Å². The van der Waals surface area contributed by atoms with Crippen LogP contribution in [0.15, 0.2) is 34.2 Å². The van der Waals surface area contributed by atoms with E-state index in [1.165, 1.54) is 18.4 Å². The molecule has 3 heterocycles. The fourth-order valence-electron chi connectivity index (χ4n) is 5.10. The number of aromatic nitrogens is 4. The van der Waals surface area contributed by atoms with E-state index in [-0.39, 0.29) is 11.2 Å². The smallest absolute Gasteiger partial charge is 0.202 e. The lowest BCUT2D eigenvalue weighted by atomic mass is 9.93. The van der Waals surface area contributed by atoms with Gasteiger partial charge in [0.1, 0.15) is 5.75 Å². The van der Waals surface area contributed by atoms with E-state index in [0.717, 1.165) is 42.7 Å². The fourth-order valence-corrected chi connectivity index (χ4v) is 5.94. The van der Waals surface area contributed by atoms with Crippen molar-refractivity contribution in [3.63, 3.8) is 0 Å². The van der Waals surface area contributed by atoms with Crippen LogP contribution in [0, 0.1) is 12.8 Å². The molecule has 3 aromatic rings. The van der Waals surface area contributed by atoms with Crippen LogP contribution in [0.25, 0.3) is 11.6 Å². The minimum absolute atomic E-state index is 0.0415. The second kappa shape index (κ2) is 8.61. The molecule has 2 atom stereocenters. The number of nitrogens with zero attached hydrogens (tertiary/aromatic N) is 5. The van der Waals surface area contributed by atoms with E-state index in [1.54, 1.807) is 25.8 Å². The van der Waals surface area contributed by atoms with Crippen LogP contribution in [0.2, 0.25) is 0 Å². The Morgan fingerprint density at radius 2 is 2.21 bits per heavy atom. The largest absolute Gasteiger partial charge is 0.496 e. The Bertz CT molecular complexity index is 1190. The number of aryl methyl sites for hydroxylation is 1. The Morgan fingerprint density at radius 3 is 2.94 bits per heavy atom. The molecule has 2 aromatic heterocycles. The van der Waals surface area contributed by atoms with Crippen LogP contribution in [0.1, 0.15) is 41.4 Å². The van der Waals surface area contributed by atoms with E-state index in [2.05, 4.69) is 32.2 Å². The maximum Gasteiger partial charge on any atom is 0.202 e. The van der Waals surface area contributed by atoms with Crippen molar-refractivity contribution in [1.29, 1.82) is 0 Å². The summed E-state index contributed by atoms with van der Waals surface area (Å²) in [6, 6.07) is 6.13. The zero-order valence-electron chi connectivity index (χ0n) is 19.5. The van der Waals surface area contributed by atoms with E-state index in [9.17, 15) is 4.79 Å². The van der Waals surface area contributed by atoms with Crippen molar-refractivity contribution in [3.05, 3.63) is 41.4 Å². The quantitative estimate of drug-likeness (QED) is 0.267. The summed E-state index contributed by atoms with van der Waals surface area (Å²) in [4.78, 5) is 18.5. The van der Waals surface area contributed by atoms with Crippen molar-refractivity contribution in [2.24, 2.45) is 13.0 Å². The monoisotopic (exact) mass is 467 g/mol. The highest BCUT2D eigenvalue weighted by atomic mass is 32.2. The van der Waals surface area contributed by atoms with Gasteiger partial charge in [0.25, 0.3) is 0 Å². The first-order chi connectivity index (χ1) is 15.9. The summed E-state index contributed by atoms with van der Waals surface area (Å²) in [6.07, 6.45) is 3.75. The second-order valence-corrected chi connectivity index (χ2v) is 10.2. The molecular weight excluding hydrogens is 438 g/mol. The maximum atomic E-state index is 11.8. The molecule has 2 fully saturated rings. The lowest BCUT2D eigenvalue weighted by Crippen LogP contribution is -2.28. The van der Waals surface area contributed by atoms with Gasteiger partial charge in [-0.2, -0.15) is 0 Å². The van der Waals surface area contributed by atoms with Crippen LogP contribution in [0.4, 0.5) is 0 Å². The number of methoxy groups -OCH3 is 1. The summed E-state index contributed by atoms with van der Waals surface area (Å²) in [7, 11) is 3.60. The van der Waals surface area contributed by atoms with Gasteiger partial charge in [0, 0.05) is 31.3 Å². The molecule has 1 aliphatic carbocycles. The second-order valence-electron chi connectivity index (χ2n) is 9.10. The van der Waals surface area contributed by atoms with Gasteiger partial charge in [0.05, 0.1) is 18.4 Å². The molecular formula is C24H29N5O3S. The molecule has 174 valence electrons. The number of fused-ring (bicyclic) bond motifs is 1. The average Bonchev–Trinajstić information content (AvgIpc) is 3.10. The Kier molecular flexibility index (Phi) is 5.78. The molecule has 1 saturated carbocycles. The number of carbonyl (C=O) groups is 1. The van der Waals surface area contributed by atoms with Crippen LogP contribution < -0.4 is 4.74 Å². The highest BCUT2D eigenvalue weighted by molar-refractivity contribution is 7.99. The van der Waals surface area contributed by atoms with Gasteiger partial charge < -0.3 is 18.6 Å². The van der Waals surface area contributed by atoms with Crippen LogP contribution in [-0.4, -0.2) is 62.9 Å². The minimum Gasteiger partial charge on any atom is -0.496 e. The summed E-state index contributed by atoms with van der Waals surface area (Å²) in [5, 5.41) is 9.50. The molecule has 0 amide bonds. The number of oxazole rings is 1. The lowest BCUT2D eigenvalue weighted by Gasteiger charge is -2.21. The van der Waals surface area contributed by atoms with Crippen molar-refractivity contribution in [1.82, 2.24) is 24.6 Å². The molecule has 1 aromatic carbocycles. The van der Waals surface area contributed by atoms with Gasteiger partial charge in [-0.3, -0.25) is 4.79 Å². The predicted octanol–water partition coefficient (Wildman–Crippen LogP) is 3.75. The van der Waals surface area contributed by atoms with Crippen LogP contribution in [0.5, 0.6) is 5.75 Å². The summed E-state index contributed by atoms with van der Waals surface area (Å²) >= 11 is 1.72. The molecule has 5 rings (SSSR count). The summed E-state index contributed by atoms with van der Waals surface area (Å²) in [5.41, 5.74) is 3.01. The molecule has 2 aliphatic rings. The molecule has 8 nitrogen and oxygen atoms in total. The molecule has 1 saturated heterocycles. The number of benzene rings is 1. The zero-order chi connectivity index (χ0) is 23.2. The number of hydrogen-bond donors (Lipinski definition) is 0. The van der Waals surface area contributed by atoms with Gasteiger partial charge in [-0.25, -0.2) is 4.98 Å². The predicted molar refractivity (Wildman–Crippen MR) is 126 cm³/mol. The van der Waals surface area contributed by atoms with Crippen molar-refractivity contribution in [3.8, 4) is 17.3 Å². The topological polar surface area (TPSA) is 86.3 Å². The Labute approximate surface area is 197 Å². The Hall–Kier alpha value is -2.65. The van der Waals surface area contributed by atoms with Gasteiger partial charge in [-0.15, -0.1) is 10.2 Å². The van der Waals surface area contributed by atoms with Gasteiger partial charge in [-0.1, -0.05) is 17.8 Å². The molecule has 0 N–H and O–H groups in total. The number of ketones is 1. The molecule has 1 aliphatic heterocycles. The SMILES string of the molecule is COc1cc(C23C[C@@H]2CN(CCCSc2nnc(-c4ocnc4C)n2C)C3)ccc1C(C)=O. The van der Waals surface area contributed by atoms with Gasteiger partial charge in [0.2, 0.25) is 5.82 Å². The third-order valence-corrected chi connectivity index (χ3v) is 8.11. The minimum atomic E-state index is 0.0415. The molecule has 33 heavy (non-hydrogen) atoms. The highest BCUT2D eigenvalue weighted by Gasteiger charge is 2.60. The van der Waals surface area contributed by atoms with E-state index in [0.29, 0.717) is 28.8 Å². The average molecular weight is 468 g/mol. The number of ether oxygens (including phenoxy) is 1. The number of rotatable bonds is 9. The third kappa shape index (κ3) is 3.97. The highest BCUT2D eigenvalue weighted by Crippen LogP contribution is 2.59. The van der Waals surface area contributed by atoms with Crippen molar-refractivity contribution in [2.75, 3.05) is 32.5 Å². The number of hydrogen-bond acceptors (Lipinski definition) is 8. The lowest BCUT2D eigenvalue weighted by molar-refractivity contribution is 0.101. The molecule has 0 spiro atoms. The van der Waals surface area contributed by atoms with Crippen molar-refractivity contribution < 1.29 is 13.9 Å². The third-order valence-electron chi connectivity index (χ3n) is 7.01. The number of likely N-dealkylation sites (tertiary alicyclic amines) is 1. The number of piperidine rings is 1. The van der Waals surface area contributed by atoms with Crippen molar-refractivity contribution >= 4 is 17.5 Å². The fraction of sp³-hybridized carbons (Fsp3) is 0.500. The number of carbonyl (C=O) groups excluding carboxylic acids is 1. The maximum absolute atomic E-state index is 11.8. The van der Waals surface area contributed by atoms with Crippen LogP contribution >= 0.6 is 11.8 Å². The van der Waals surface area contributed by atoms with Gasteiger partial charge >= 0.3 is 0 Å². The summed E-state index contributed by atoms with van der Waals surface area (Å²) in [6.45, 7) is 6.77. The molecule has 9 heteroatoms. The molecule has 0 bridgehead atoms. The standard InChI is InChI=1S/C24H29N5O3S/c1-15-21(32-14-25-15)22-26-27-23(28(22)3)33-9-5-8-29-12-18-11-24(18,13-29)17-6-7-19(16(2)30)20(10-17)31-4/h6-7,10,14,18H,5,8-9,11-13H2,1-4H3/t18-,24?/m1/s1. The van der Waals surface area contributed by atoms with E-state index in [4.69, 9.17) is 9.15 Å². The first-order valence-corrected chi connectivity index (χ1v) is 12.3. The molecule has 1 unspecified atom stereocenters. The number of Topliss-reactive ketones (excluding diaryl/α,β-unsaturated/α-hetero) is 1. The first kappa shape index (κ1) is 22.2. The first-order valence-electron chi connectivity index (χ1n) is 11.3.